The van der Waals surface area contributed by atoms with Crippen molar-refractivity contribution in [3.63, 3.8) is 0 Å². The molecule has 1 aromatic rings. The average Bonchev–Trinajstić information content (AvgIpc) is 2.73. The van der Waals surface area contributed by atoms with Crippen molar-refractivity contribution in [2.24, 2.45) is 0 Å². The SMILES string of the molecule is CC/C(C(=O)O)=C1\CCc2cc(OC)ccc21. The lowest BCUT2D eigenvalue weighted by Crippen LogP contribution is -2.02. The molecule has 0 spiro atoms. The number of rotatable bonds is 3. The molecular formula is C14H16O3. The molecule has 0 radical (unpaired) electrons. The van der Waals surface area contributed by atoms with Crippen LogP contribution in [0.3, 0.4) is 0 Å². The van der Waals surface area contributed by atoms with E-state index in [1.807, 2.05) is 25.1 Å². The summed E-state index contributed by atoms with van der Waals surface area (Å²) >= 11 is 0. The molecule has 0 fully saturated rings. The van der Waals surface area contributed by atoms with Gasteiger partial charge < -0.3 is 9.84 Å². The van der Waals surface area contributed by atoms with Gasteiger partial charge in [-0.15, -0.1) is 0 Å². The molecule has 3 heteroatoms. The summed E-state index contributed by atoms with van der Waals surface area (Å²) in [4.78, 5) is 11.2. The predicted octanol–water partition coefficient (Wildman–Crippen LogP) is 2.89. The van der Waals surface area contributed by atoms with E-state index < -0.39 is 5.97 Å². The van der Waals surface area contributed by atoms with Crippen LogP contribution in [0.4, 0.5) is 0 Å². The molecule has 0 unspecified atom stereocenters. The quantitative estimate of drug-likeness (QED) is 0.815. The molecule has 0 saturated heterocycles. The highest BCUT2D eigenvalue weighted by Crippen LogP contribution is 2.37. The smallest absolute Gasteiger partial charge is 0.331 e. The van der Waals surface area contributed by atoms with Gasteiger partial charge in [-0.25, -0.2) is 4.79 Å². The van der Waals surface area contributed by atoms with E-state index in [0.29, 0.717) is 12.0 Å². The number of aryl methyl sites for hydroxylation is 1. The monoisotopic (exact) mass is 232 g/mol. The van der Waals surface area contributed by atoms with Crippen LogP contribution >= 0.6 is 0 Å². The van der Waals surface area contributed by atoms with E-state index in [2.05, 4.69) is 0 Å². The number of benzene rings is 1. The summed E-state index contributed by atoms with van der Waals surface area (Å²) in [5.41, 5.74) is 3.78. The molecule has 90 valence electrons. The number of hydrogen-bond donors (Lipinski definition) is 1. The largest absolute Gasteiger partial charge is 0.497 e. The molecule has 2 rings (SSSR count). The molecule has 0 aromatic heterocycles. The van der Waals surface area contributed by atoms with Gasteiger partial charge in [0.05, 0.1) is 7.11 Å². The van der Waals surface area contributed by atoms with Gasteiger partial charge in [0.1, 0.15) is 5.75 Å². The summed E-state index contributed by atoms with van der Waals surface area (Å²) in [7, 11) is 1.64. The second-order valence-corrected chi connectivity index (χ2v) is 4.14. The van der Waals surface area contributed by atoms with Gasteiger partial charge in [-0.2, -0.15) is 0 Å². The molecule has 1 aromatic carbocycles. The number of methoxy groups -OCH3 is 1. The van der Waals surface area contributed by atoms with Gasteiger partial charge >= 0.3 is 5.97 Å². The van der Waals surface area contributed by atoms with Crippen molar-refractivity contribution in [2.45, 2.75) is 26.2 Å². The first kappa shape index (κ1) is 11.7. The van der Waals surface area contributed by atoms with Crippen LogP contribution in [-0.4, -0.2) is 18.2 Å². The maximum atomic E-state index is 11.2. The highest BCUT2D eigenvalue weighted by Gasteiger charge is 2.22. The molecule has 0 atom stereocenters. The third-order valence-electron chi connectivity index (χ3n) is 3.26. The summed E-state index contributed by atoms with van der Waals surface area (Å²) in [6.45, 7) is 1.89. The van der Waals surface area contributed by atoms with E-state index in [-0.39, 0.29) is 0 Å². The maximum absolute atomic E-state index is 11.2. The van der Waals surface area contributed by atoms with Crippen LogP contribution in [0.15, 0.2) is 23.8 Å². The fourth-order valence-corrected chi connectivity index (χ4v) is 2.40. The summed E-state index contributed by atoms with van der Waals surface area (Å²) in [6.07, 6.45) is 2.28. The summed E-state index contributed by atoms with van der Waals surface area (Å²) in [5, 5.41) is 9.18. The minimum Gasteiger partial charge on any atom is -0.497 e. The van der Waals surface area contributed by atoms with Gasteiger partial charge in [-0.3, -0.25) is 0 Å². The average molecular weight is 232 g/mol. The Hall–Kier alpha value is -1.77. The van der Waals surface area contributed by atoms with Crippen molar-refractivity contribution in [1.82, 2.24) is 0 Å². The Kier molecular flexibility index (Phi) is 3.18. The highest BCUT2D eigenvalue weighted by molar-refractivity contribution is 5.97. The summed E-state index contributed by atoms with van der Waals surface area (Å²) in [5.74, 6) is 0.0320. The lowest BCUT2D eigenvalue weighted by atomic mass is 10.00. The molecule has 1 N–H and O–H groups in total. The van der Waals surface area contributed by atoms with Gasteiger partial charge in [0.25, 0.3) is 0 Å². The zero-order valence-electron chi connectivity index (χ0n) is 10.1. The van der Waals surface area contributed by atoms with Crippen LogP contribution in [0.5, 0.6) is 5.75 Å². The van der Waals surface area contributed by atoms with Crippen molar-refractivity contribution in [3.8, 4) is 5.75 Å². The summed E-state index contributed by atoms with van der Waals surface area (Å²) in [6, 6.07) is 5.85. The van der Waals surface area contributed by atoms with Gasteiger partial charge in [-0.1, -0.05) is 13.0 Å². The topological polar surface area (TPSA) is 46.5 Å². The number of carbonyl (C=O) groups is 1. The Labute approximate surface area is 101 Å². The van der Waals surface area contributed by atoms with Crippen molar-refractivity contribution >= 4 is 11.5 Å². The van der Waals surface area contributed by atoms with Crippen LogP contribution in [0.2, 0.25) is 0 Å². The Balaban J connectivity index is 2.50. The first-order valence-electron chi connectivity index (χ1n) is 5.80. The first-order chi connectivity index (χ1) is 8.17. The van der Waals surface area contributed by atoms with Crippen molar-refractivity contribution in [2.75, 3.05) is 7.11 Å². The maximum Gasteiger partial charge on any atom is 0.331 e. The van der Waals surface area contributed by atoms with E-state index in [1.54, 1.807) is 7.11 Å². The number of carboxylic acids is 1. The minimum atomic E-state index is -0.800. The van der Waals surface area contributed by atoms with E-state index in [9.17, 15) is 9.90 Å². The third-order valence-corrected chi connectivity index (χ3v) is 3.26. The second-order valence-electron chi connectivity index (χ2n) is 4.14. The predicted molar refractivity (Wildman–Crippen MR) is 66.2 cm³/mol. The van der Waals surface area contributed by atoms with Crippen LogP contribution in [0, 0.1) is 0 Å². The summed E-state index contributed by atoms with van der Waals surface area (Å²) < 4.78 is 5.18. The van der Waals surface area contributed by atoms with Crippen molar-refractivity contribution in [3.05, 3.63) is 34.9 Å². The molecule has 17 heavy (non-hydrogen) atoms. The van der Waals surface area contributed by atoms with E-state index >= 15 is 0 Å². The zero-order chi connectivity index (χ0) is 12.4. The van der Waals surface area contributed by atoms with E-state index in [0.717, 1.165) is 29.7 Å². The van der Waals surface area contributed by atoms with E-state index in [4.69, 9.17) is 4.74 Å². The number of hydrogen-bond acceptors (Lipinski definition) is 2. The van der Waals surface area contributed by atoms with Gasteiger partial charge in [-0.05, 0) is 48.1 Å². The molecule has 1 aliphatic rings. The van der Waals surface area contributed by atoms with Crippen LogP contribution in [0.1, 0.15) is 30.9 Å². The lowest BCUT2D eigenvalue weighted by Gasteiger charge is -2.07. The Morgan fingerprint density at radius 2 is 2.18 bits per heavy atom. The standard InChI is InChI=1S/C14H16O3/c1-3-11(14(15)16)13-6-4-9-8-10(17-2)5-7-12(9)13/h5,7-8H,3-4,6H2,1-2H3,(H,15,16)/b13-11-. The van der Waals surface area contributed by atoms with Crippen LogP contribution in [0.25, 0.3) is 5.57 Å². The number of aliphatic carboxylic acids is 1. The van der Waals surface area contributed by atoms with Gasteiger partial charge in [0.15, 0.2) is 0 Å². The fraction of sp³-hybridized carbons (Fsp3) is 0.357. The van der Waals surface area contributed by atoms with Gasteiger partial charge in [0, 0.05) is 5.57 Å². The Morgan fingerprint density at radius 3 is 2.76 bits per heavy atom. The van der Waals surface area contributed by atoms with Crippen molar-refractivity contribution < 1.29 is 14.6 Å². The fourth-order valence-electron chi connectivity index (χ4n) is 2.40. The third kappa shape index (κ3) is 2.05. The second kappa shape index (κ2) is 4.62. The Morgan fingerprint density at radius 1 is 1.41 bits per heavy atom. The highest BCUT2D eigenvalue weighted by atomic mass is 16.5. The molecule has 0 bridgehead atoms. The Bertz CT molecular complexity index is 486. The molecule has 3 nitrogen and oxygen atoms in total. The lowest BCUT2D eigenvalue weighted by molar-refractivity contribution is -0.132. The molecule has 0 aliphatic heterocycles. The van der Waals surface area contributed by atoms with Gasteiger partial charge in [0.2, 0.25) is 0 Å². The number of allylic oxidation sites excluding steroid dienone is 1. The first-order valence-corrected chi connectivity index (χ1v) is 5.80. The zero-order valence-corrected chi connectivity index (χ0v) is 10.1. The van der Waals surface area contributed by atoms with E-state index in [1.165, 1.54) is 5.56 Å². The van der Waals surface area contributed by atoms with Crippen LogP contribution < -0.4 is 4.74 Å². The molecular weight excluding hydrogens is 216 g/mol. The van der Waals surface area contributed by atoms with Crippen LogP contribution in [-0.2, 0) is 11.2 Å². The molecule has 0 saturated carbocycles. The number of carboxylic acid groups (broad SMARTS) is 1. The normalized spacial score (nSPS) is 16.6. The number of fused-ring (bicyclic) bond motifs is 1. The van der Waals surface area contributed by atoms with Crippen molar-refractivity contribution in [1.29, 1.82) is 0 Å². The molecule has 1 aliphatic carbocycles. The molecule has 0 amide bonds. The molecule has 0 heterocycles. The number of ether oxygens (including phenoxy) is 1. The minimum absolute atomic E-state index is 0.536.